The van der Waals surface area contributed by atoms with Gasteiger partial charge in [0.05, 0.1) is 12.3 Å². The standard InChI is InChI=1S/C15H17FN4O2.C2H4O2.2C2H6/c1-2-22-15(21)19-12-7-8-13(20-14(12)17)18-9-10-3-5-11(16)6-4-10;1-2(3)4;2*1-2/h3-8H,2,9H2,1H3,(H,19,21)(H3,17,18,20);1H3,(H,3,4);2*1-2H3. The van der Waals surface area contributed by atoms with Crippen molar-refractivity contribution in [2.45, 2.75) is 48.1 Å². The fraction of sp³-hybridized carbons (Fsp3) is 0.381. The molecule has 0 saturated carbocycles. The van der Waals surface area contributed by atoms with Crippen LogP contribution in [0.15, 0.2) is 36.4 Å². The minimum Gasteiger partial charge on any atom is -0.481 e. The van der Waals surface area contributed by atoms with E-state index in [2.05, 4.69) is 15.6 Å². The van der Waals surface area contributed by atoms with Crippen LogP contribution in [0.25, 0.3) is 0 Å². The van der Waals surface area contributed by atoms with E-state index < -0.39 is 12.1 Å². The van der Waals surface area contributed by atoms with E-state index in [1.807, 2.05) is 27.7 Å². The van der Waals surface area contributed by atoms with Gasteiger partial charge in [-0.1, -0.05) is 39.8 Å². The van der Waals surface area contributed by atoms with Gasteiger partial charge in [-0.3, -0.25) is 10.1 Å². The number of halogens is 1. The van der Waals surface area contributed by atoms with Crippen molar-refractivity contribution in [2.24, 2.45) is 0 Å². The molecule has 0 radical (unpaired) electrons. The van der Waals surface area contributed by atoms with Gasteiger partial charge in [0.2, 0.25) is 0 Å². The van der Waals surface area contributed by atoms with Gasteiger partial charge in [-0.15, -0.1) is 0 Å². The molecule has 8 nitrogen and oxygen atoms in total. The van der Waals surface area contributed by atoms with E-state index in [9.17, 15) is 9.18 Å². The number of ether oxygens (including phenoxy) is 1. The quantitative estimate of drug-likeness (QED) is 0.524. The molecule has 9 heteroatoms. The first-order valence-electron chi connectivity index (χ1n) is 9.70. The predicted molar refractivity (Wildman–Crippen MR) is 119 cm³/mol. The topological polar surface area (TPSA) is 127 Å². The molecule has 0 atom stereocenters. The second-order valence-electron chi connectivity index (χ2n) is 4.97. The molecule has 0 aliphatic carbocycles. The highest BCUT2D eigenvalue weighted by Crippen LogP contribution is 2.19. The first kappa shape index (κ1) is 28.8. The van der Waals surface area contributed by atoms with Crippen LogP contribution < -0.4 is 16.4 Å². The molecule has 1 aromatic carbocycles. The number of nitrogen functional groups attached to an aromatic ring is 1. The van der Waals surface area contributed by atoms with E-state index in [-0.39, 0.29) is 18.2 Å². The van der Waals surface area contributed by atoms with Crippen molar-refractivity contribution in [1.29, 1.82) is 0 Å². The van der Waals surface area contributed by atoms with E-state index in [0.717, 1.165) is 12.5 Å². The number of rotatable bonds is 5. The monoisotopic (exact) mass is 424 g/mol. The average molecular weight is 425 g/mol. The number of nitrogens with two attached hydrogens (primary N) is 1. The van der Waals surface area contributed by atoms with E-state index in [1.165, 1.54) is 12.1 Å². The lowest BCUT2D eigenvalue weighted by Gasteiger charge is -2.10. The van der Waals surface area contributed by atoms with Gasteiger partial charge in [-0.25, -0.2) is 14.2 Å². The molecule has 1 heterocycles. The number of nitrogens with one attached hydrogen (secondary N) is 2. The summed E-state index contributed by atoms with van der Waals surface area (Å²) in [6.07, 6.45) is -0.581. The van der Waals surface area contributed by atoms with Crippen molar-refractivity contribution in [2.75, 3.05) is 23.0 Å². The molecule has 5 N–H and O–H groups in total. The number of carbonyl (C=O) groups is 2. The summed E-state index contributed by atoms with van der Waals surface area (Å²) in [7, 11) is 0. The first-order chi connectivity index (χ1) is 14.3. The Morgan fingerprint density at radius 3 is 2.10 bits per heavy atom. The summed E-state index contributed by atoms with van der Waals surface area (Å²) >= 11 is 0. The summed E-state index contributed by atoms with van der Waals surface area (Å²) in [6.45, 7) is 11.6. The number of hydrogen-bond acceptors (Lipinski definition) is 6. The van der Waals surface area contributed by atoms with Gasteiger partial charge in [-0.2, -0.15) is 0 Å². The Bertz CT molecular complexity index is 736. The second kappa shape index (κ2) is 17.7. The lowest BCUT2D eigenvalue weighted by molar-refractivity contribution is -0.134. The van der Waals surface area contributed by atoms with Gasteiger partial charge in [-0.05, 0) is 36.8 Å². The number of anilines is 3. The van der Waals surface area contributed by atoms with Crippen LogP contribution in [0.2, 0.25) is 0 Å². The molecule has 0 spiro atoms. The number of amides is 1. The SMILES string of the molecule is CC.CC.CC(=O)O.CCOC(=O)Nc1ccc(NCc2ccc(F)cc2)nc1N. The van der Waals surface area contributed by atoms with Crippen LogP contribution in [0.5, 0.6) is 0 Å². The Balaban J connectivity index is 0. The minimum atomic E-state index is -0.833. The zero-order chi connectivity index (χ0) is 23.5. The zero-order valence-corrected chi connectivity index (χ0v) is 18.5. The summed E-state index contributed by atoms with van der Waals surface area (Å²) in [4.78, 5) is 24.5. The Labute approximate surface area is 177 Å². The summed E-state index contributed by atoms with van der Waals surface area (Å²) in [5.41, 5.74) is 7.08. The maximum atomic E-state index is 12.8. The molecule has 2 aromatic rings. The summed E-state index contributed by atoms with van der Waals surface area (Å²) in [5.74, 6) is -0.381. The Kier molecular flexibility index (Phi) is 17.0. The molecule has 0 fully saturated rings. The number of carboxylic acids is 1. The van der Waals surface area contributed by atoms with Crippen LogP contribution in [0, 0.1) is 5.82 Å². The second-order valence-corrected chi connectivity index (χ2v) is 4.97. The lowest BCUT2D eigenvalue weighted by Crippen LogP contribution is -2.15. The molecular formula is C21H33FN4O4. The minimum absolute atomic E-state index is 0.178. The smallest absolute Gasteiger partial charge is 0.411 e. The molecule has 1 aromatic heterocycles. The van der Waals surface area contributed by atoms with Crippen LogP contribution in [0.4, 0.5) is 26.5 Å². The highest BCUT2D eigenvalue weighted by atomic mass is 19.1. The lowest BCUT2D eigenvalue weighted by atomic mass is 10.2. The third kappa shape index (κ3) is 13.8. The van der Waals surface area contributed by atoms with Crippen molar-refractivity contribution in [1.82, 2.24) is 4.98 Å². The van der Waals surface area contributed by atoms with Crippen LogP contribution >= 0.6 is 0 Å². The van der Waals surface area contributed by atoms with Gasteiger partial charge in [0.1, 0.15) is 17.5 Å². The van der Waals surface area contributed by atoms with E-state index in [0.29, 0.717) is 18.1 Å². The number of hydrogen-bond donors (Lipinski definition) is 4. The molecule has 168 valence electrons. The molecular weight excluding hydrogens is 391 g/mol. The van der Waals surface area contributed by atoms with E-state index in [1.54, 1.807) is 31.2 Å². The Morgan fingerprint density at radius 2 is 1.63 bits per heavy atom. The molecule has 0 unspecified atom stereocenters. The Morgan fingerprint density at radius 1 is 1.10 bits per heavy atom. The van der Waals surface area contributed by atoms with Crippen molar-refractivity contribution in [3.05, 3.63) is 47.8 Å². The van der Waals surface area contributed by atoms with Crippen LogP contribution in [-0.2, 0) is 16.1 Å². The van der Waals surface area contributed by atoms with Gasteiger partial charge in [0, 0.05) is 13.5 Å². The summed E-state index contributed by atoms with van der Waals surface area (Å²) < 4.78 is 17.6. The summed E-state index contributed by atoms with van der Waals surface area (Å²) in [6, 6.07) is 9.47. The highest BCUT2D eigenvalue weighted by Gasteiger charge is 2.07. The predicted octanol–water partition coefficient (Wildman–Crippen LogP) is 5.13. The number of benzene rings is 1. The van der Waals surface area contributed by atoms with E-state index >= 15 is 0 Å². The average Bonchev–Trinajstić information content (AvgIpc) is 2.72. The fourth-order valence-corrected chi connectivity index (χ4v) is 1.75. The van der Waals surface area contributed by atoms with Crippen LogP contribution in [0.1, 0.15) is 47.1 Å². The molecule has 0 saturated heterocycles. The third-order valence-electron chi connectivity index (χ3n) is 2.82. The van der Waals surface area contributed by atoms with Gasteiger partial charge < -0.3 is 20.9 Å². The number of nitrogens with zero attached hydrogens (tertiary/aromatic N) is 1. The molecule has 0 aliphatic rings. The van der Waals surface area contributed by atoms with Gasteiger partial charge in [0.15, 0.2) is 0 Å². The normalized spacial score (nSPS) is 8.63. The van der Waals surface area contributed by atoms with Gasteiger partial charge in [0.25, 0.3) is 5.97 Å². The number of aliphatic carboxylic acids is 1. The van der Waals surface area contributed by atoms with Crippen molar-refractivity contribution < 1.29 is 23.8 Å². The number of carboxylic acid groups (broad SMARTS) is 1. The molecule has 0 aliphatic heterocycles. The fourth-order valence-electron chi connectivity index (χ4n) is 1.75. The maximum absolute atomic E-state index is 12.8. The number of pyridine rings is 1. The third-order valence-corrected chi connectivity index (χ3v) is 2.82. The van der Waals surface area contributed by atoms with Crippen molar-refractivity contribution >= 4 is 29.4 Å². The summed E-state index contributed by atoms with van der Waals surface area (Å²) in [5, 5.41) is 13.0. The highest BCUT2D eigenvalue weighted by molar-refractivity contribution is 5.88. The first-order valence-corrected chi connectivity index (χ1v) is 9.70. The molecule has 30 heavy (non-hydrogen) atoms. The van der Waals surface area contributed by atoms with Crippen LogP contribution in [-0.4, -0.2) is 28.8 Å². The molecule has 1 amide bonds. The maximum Gasteiger partial charge on any atom is 0.411 e. The number of aromatic nitrogens is 1. The van der Waals surface area contributed by atoms with E-state index in [4.69, 9.17) is 20.4 Å². The van der Waals surface area contributed by atoms with Crippen LogP contribution in [0.3, 0.4) is 0 Å². The van der Waals surface area contributed by atoms with Crippen molar-refractivity contribution in [3.63, 3.8) is 0 Å². The number of carbonyl (C=O) groups excluding carboxylic acids is 1. The molecule has 0 bridgehead atoms. The van der Waals surface area contributed by atoms with Crippen molar-refractivity contribution in [3.8, 4) is 0 Å². The zero-order valence-electron chi connectivity index (χ0n) is 18.5. The molecule has 2 rings (SSSR count). The van der Waals surface area contributed by atoms with Gasteiger partial charge >= 0.3 is 6.09 Å². The Hall–Kier alpha value is -3.36. The largest absolute Gasteiger partial charge is 0.481 e.